The Hall–Kier alpha value is -1.07. The topological polar surface area (TPSA) is 89.3 Å². The number of nitrogens with two attached hydrogens (primary N) is 2. The van der Waals surface area contributed by atoms with Gasteiger partial charge in [-0.25, -0.2) is 4.79 Å². The molecule has 0 aliphatic heterocycles. The van der Waals surface area contributed by atoms with Crippen LogP contribution < -0.4 is 11.5 Å². The Kier molecular flexibility index (Phi) is 2.82. The Balaban J connectivity index is 3.26. The van der Waals surface area contributed by atoms with Gasteiger partial charge in [0, 0.05) is 10.2 Å². The molecule has 1 aromatic carbocycles. The molecule has 4 nitrogen and oxygen atoms in total. The number of aliphatic carboxylic acids is 1. The monoisotopic (exact) mass is 258 g/mol. The molecule has 5 heteroatoms. The van der Waals surface area contributed by atoms with Crippen LogP contribution in [0.2, 0.25) is 0 Å². The zero-order chi connectivity index (χ0) is 10.9. The summed E-state index contributed by atoms with van der Waals surface area (Å²) in [5.41, 5.74) is 10.8. The van der Waals surface area contributed by atoms with Crippen LogP contribution in [0.1, 0.15) is 12.5 Å². The zero-order valence-electron chi connectivity index (χ0n) is 7.62. The Bertz CT molecular complexity index is 377. The van der Waals surface area contributed by atoms with Crippen molar-refractivity contribution in [2.24, 2.45) is 5.73 Å². The fraction of sp³-hybridized carbons (Fsp3) is 0.222. The lowest BCUT2D eigenvalue weighted by Gasteiger charge is -2.21. The molecule has 0 aliphatic rings. The van der Waals surface area contributed by atoms with Gasteiger partial charge >= 0.3 is 5.97 Å². The minimum atomic E-state index is -1.41. The highest BCUT2D eigenvalue weighted by Gasteiger charge is 2.31. The van der Waals surface area contributed by atoms with Gasteiger partial charge in [0.1, 0.15) is 5.54 Å². The second-order valence-electron chi connectivity index (χ2n) is 3.25. The van der Waals surface area contributed by atoms with E-state index in [2.05, 4.69) is 15.9 Å². The molecule has 1 atom stereocenters. The normalized spacial score (nSPS) is 14.8. The van der Waals surface area contributed by atoms with E-state index >= 15 is 0 Å². The van der Waals surface area contributed by atoms with Gasteiger partial charge in [-0.3, -0.25) is 0 Å². The summed E-state index contributed by atoms with van der Waals surface area (Å²) in [7, 11) is 0. The van der Waals surface area contributed by atoms with E-state index in [1.54, 1.807) is 18.2 Å². The SMILES string of the molecule is C[C@@](N)(C(=O)O)c1ccc(N)cc1Br. The van der Waals surface area contributed by atoms with Gasteiger partial charge in [0.05, 0.1) is 0 Å². The van der Waals surface area contributed by atoms with E-state index < -0.39 is 11.5 Å². The van der Waals surface area contributed by atoms with Gasteiger partial charge in [-0.2, -0.15) is 0 Å². The summed E-state index contributed by atoms with van der Waals surface area (Å²) in [6, 6.07) is 4.85. The molecule has 0 heterocycles. The number of carboxylic acid groups (broad SMARTS) is 1. The van der Waals surface area contributed by atoms with Crippen molar-refractivity contribution in [3.63, 3.8) is 0 Å². The summed E-state index contributed by atoms with van der Waals surface area (Å²) >= 11 is 3.23. The highest BCUT2D eigenvalue weighted by molar-refractivity contribution is 9.10. The molecule has 0 amide bonds. The summed E-state index contributed by atoms with van der Waals surface area (Å²) in [5.74, 6) is -1.08. The fourth-order valence-electron chi connectivity index (χ4n) is 1.07. The minimum Gasteiger partial charge on any atom is -0.480 e. The van der Waals surface area contributed by atoms with Crippen LogP contribution in [0.15, 0.2) is 22.7 Å². The van der Waals surface area contributed by atoms with Crippen LogP contribution in [-0.4, -0.2) is 11.1 Å². The number of carbonyl (C=O) groups is 1. The lowest BCUT2D eigenvalue weighted by Crippen LogP contribution is -2.41. The van der Waals surface area contributed by atoms with Crippen molar-refractivity contribution >= 4 is 27.6 Å². The van der Waals surface area contributed by atoms with Gasteiger partial charge in [0.15, 0.2) is 0 Å². The van der Waals surface area contributed by atoms with Crippen molar-refractivity contribution in [1.29, 1.82) is 0 Å². The maximum atomic E-state index is 10.9. The lowest BCUT2D eigenvalue weighted by atomic mass is 9.93. The molecule has 0 unspecified atom stereocenters. The van der Waals surface area contributed by atoms with Gasteiger partial charge in [0.2, 0.25) is 0 Å². The van der Waals surface area contributed by atoms with Crippen molar-refractivity contribution in [3.05, 3.63) is 28.2 Å². The molecular formula is C9H11BrN2O2. The molecular weight excluding hydrogens is 248 g/mol. The first-order valence-electron chi connectivity index (χ1n) is 3.93. The average molecular weight is 259 g/mol. The van der Waals surface area contributed by atoms with E-state index in [4.69, 9.17) is 16.6 Å². The van der Waals surface area contributed by atoms with Crippen LogP contribution in [0.3, 0.4) is 0 Å². The van der Waals surface area contributed by atoms with Gasteiger partial charge < -0.3 is 16.6 Å². The van der Waals surface area contributed by atoms with Crippen LogP contribution in [-0.2, 0) is 10.3 Å². The van der Waals surface area contributed by atoms with E-state index in [9.17, 15) is 4.79 Å². The molecule has 0 spiro atoms. The highest BCUT2D eigenvalue weighted by atomic mass is 79.9. The van der Waals surface area contributed by atoms with E-state index in [-0.39, 0.29) is 0 Å². The Morgan fingerprint density at radius 3 is 2.57 bits per heavy atom. The van der Waals surface area contributed by atoms with Crippen molar-refractivity contribution in [2.45, 2.75) is 12.5 Å². The molecule has 76 valence electrons. The van der Waals surface area contributed by atoms with Crippen LogP contribution in [0, 0.1) is 0 Å². The number of anilines is 1. The molecule has 1 rings (SSSR count). The van der Waals surface area contributed by atoms with E-state index in [0.29, 0.717) is 15.7 Å². The maximum Gasteiger partial charge on any atom is 0.328 e. The maximum absolute atomic E-state index is 10.9. The number of carboxylic acids is 1. The number of hydrogen-bond acceptors (Lipinski definition) is 3. The first kappa shape index (κ1) is 11.0. The molecule has 14 heavy (non-hydrogen) atoms. The molecule has 0 saturated heterocycles. The Morgan fingerprint density at radius 2 is 2.14 bits per heavy atom. The number of benzene rings is 1. The average Bonchev–Trinajstić information content (AvgIpc) is 2.02. The lowest BCUT2D eigenvalue weighted by molar-refractivity contribution is -0.143. The molecule has 0 fully saturated rings. The molecule has 0 saturated carbocycles. The number of nitrogen functional groups attached to an aromatic ring is 1. The molecule has 0 aliphatic carbocycles. The summed E-state index contributed by atoms with van der Waals surface area (Å²) in [5, 5.41) is 8.91. The van der Waals surface area contributed by atoms with Gasteiger partial charge in [-0.1, -0.05) is 22.0 Å². The summed E-state index contributed by atoms with van der Waals surface area (Å²) in [6.45, 7) is 1.44. The van der Waals surface area contributed by atoms with Gasteiger partial charge in [0.25, 0.3) is 0 Å². The second kappa shape index (κ2) is 3.59. The van der Waals surface area contributed by atoms with Crippen LogP contribution >= 0.6 is 15.9 Å². The predicted molar refractivity (Wildman–Crippen MR) is 57.7 cm³/mol. The Labute approximate surface area is 90.0 Å². The van der Waals surface area contributed by atoms with Crippen LogP contribution in [0.25, 0.3) is 0 Å². The summed E-state index contributed by atoms with van der Waals surface area (Å²) < 4.78 is 0.602. The third-order valence-electron chi connectivity index (χ3n) is 2.00. The molecule has 1 aromatic rings. The number of hydrogen-bond donors (Lipinski definition) is 3. The molecule has 0 aromatic heterocycles. The first-order valence-corrected chi connectivity index (χ1v) is 4.73. The summed E-state index contributed by atoms with van der Waals surface area (Å²) in [6.07, 6.45) is 0. The summed E-state index contributed by atoms with van der Waals surface area (Å²) in [4.78, 5) is 10.9. The third kappa shape index (κ3) is 1.88. The molecule has 5 N–H and O–H groups in total. The first-order chi connectivity index (χ1) is 6.35. The largest absolute Gasteiger partial charge is 0.480 e. The standard InChI is InChI=1S/C9H11BrN2O2/c1-9(12,8(13)14)6-3-2-5(11)4-7(6)10/h2-4H,11-12H2,1H3,(H,13,14)/t9-/m0/s1. The van der Waals surface area contributed by atoms with E-state index in [0.717, 1.165) is 0 Å². The predicted octanol–water partition coefficient (Wildman–Crippen LogP) is 1.29. The highest BCUT2D eigenvalue weighted by Crippen LogP contribution is 2.28. The zero-order valence-corrected chi connectivity index (χ0v) is 9.21. The van der Waals surface area contributed by atoms with Crippen molar-refractivity contribution in [3.8, 4) is 0 Å². The van der Waals surface area contributed by atoms with Crippen molar-refractivity contribution in [2.75, 3.05) is 5.73 Å². The van der Waals surface area contributed by atoms with E-state index in [1.165, 1.54) is 6.92 Å². The fourth-order valence-corrected chi connectivity index (χ4v) is 1.88. The van der Waals surface area contributed by atoms with Crippen LogP contribution in [0.5, 0.6) is 0 Å². The van der Waals surface area contributed by atoms with Crippen LogP contribution in [0.4, 0.5) is 5.69 Å². The molecule has 0 bridgehead atoms. The second-order valence-corrected chi connectivity index (χ2v) is 4.10. The van der Waals surface area contributed by atoms with Gasteiger partial charge in [-0.15, -0.1) is 0 Å². The Morgan fingerprint density at radius 1 is 1.57 bits per heavy atom. The van der Waals surface area contributed by atoms with Gasteiger partial charge in [-0.05, 0) is 24.6 Å². The molecule has 0 radical (unpaired) electrons. The smallest absolute Gasteiger partial charge is 0.328 e. The quantitative estimate of drug-likeness (QED) is 0.698. The minimum absolute atomic E-state index is 0.499. The van der Waals surface area contributed by atoms with Crippen molar-refractivity contribution < 1.29 is 9.90 Å². The number of rotatable bonds is 2. The van der Waals surface area contributed by atoms with E-state index in [1.807, 2.05) is 0 Å². The third-order valence-corrected chi connectivity index (χ3v) is 2.65. The number of halogens is 1. The van der Waals surface area contributed by atoms with Crippen molar-refractivity contribution in [1.82, 2.24) is 0 Å².